The molecule has 0 unspecified atom stereocenters. The molecule has 4 rings (SSSR count). The molecule has 3 heterocycles. The lowest BCUT2D eigenvalue weighted by molar-refractivity contribution is 0.174. The third-order valence-corrected chi connectivity index (χ3v) is 3.29. The van der Waals surface area contributed by atoms with Crippen LogP contribution in [0.15, 0.2) is 48.9 Å². The zero-order valence-electron chi connectivity index (χ0n) is 10.5. The molecule has 0 atom stereocenters. The predicted molar refractivity (Wildman–Crippen MR) is 73.4 cm³/mol. The molecular formula is C15H11N3O2. The van der Waals surface area contributed by atoms with E-state index < -0.39 is 0 Å². The van der Waals surface area contributed by atoms with Gasteiger partial charge in [-0.2, -0.15) is 5.10 Å². The Balaban J connectivity index is 1.82. The first-order chi connectivity index (χ1) is 9.92. The van der Waals surface area contributed by atoms with E-state index in [9.17, 15) is 0 Å². The molecule has 0 aliphatic carbocycles. The van der Waals surface area contributed by atoms with Crippen LogP contribution >= 0.6 is 0 Å². The maximum Gasteiger partial charge on any atom is 0.231 e. The van der Waals surface area contributed by atoms with Crippen LogP contribution in [-0.4, -0.2) is 22.0 Å². The number of rotatable bonds is 2. The highest BCUT2D eigenvalue weighted by Gasteiger charge is 2.16. The van der Waals surface area contributed by atoms with Gasteiger partial charge in [-0.15, -0.1) is 0 Å². The van der Waals surface area contributed by atoms with Crippen molar-refractivity contribution in [3.63, 3.8) is 0 Å². The summed E-state index contributed by atoms with van der Waals surface area (Å²) >= 11 is 0. The van der Waals surface area contributed by atoms with E-state index in [1.807, 2.05) is 36.5 Å². The van der Waals surface area contributed by atoms with Gasteiger partial charge in [0.2, 0.25) is 6.79 Å². The van der Waals surface area contributed by atoms with Gasteiger partial charge in [0, 0.05) is 23.5 Å². The molecule has 1 N–H and O–H groups in total. The molecule has 0 saturated carbocycles. The maximum atomic E-state index is 5.42. The lowest BCUT2D eigenvalue weighted by Crippen LogP contribution is -1.92. The summed E-state index contributed by atoms with van der Waals surface area (Å²) in [5.41, 5.74) is 4.07. The lowest BCUT2D eigenvalue weighted by Gasteiger charge is -2.04. The molecule has 5 nitrogen and oxygen atoms in total. The number of ether oxygens (including phenoxy) is 2. The number of benzene rings is 1. The Labute approximate surface area is 115 Å². The van der Waals surface area contributed by atoms with E-state index in [1.165, 1.54) is 0 Å². The van der Waals surface area contributed by atoms with Crippen LogP contribution in [-0.2, 0) is 0 Å². The Morgan fingerprint density at radius 1 is 0.950 bits per heavy atom. The Morgan fingerprint density at radius 3 is 2.70 bits per heavy atom. The highest BCUT2D eigenvalue weighted by Crippen LogP contribution is 2.37. The van der Waals surface area contributed by atoms with Crippen LogP contribution in [0.1, 0.15) is 0 Å². The molecule has 0 saturated heterocycles. The number of nitrogens with zero attached hydrogens (tertiary/aromatic N) is 2. The summed E-state index contributed by atoms with van der Waals surface area (Å²) in [6.45, 7) is 0.277. The minimum absolute atomic E-state index is 0.277. The van der Waals surface area contributed by atoms with Crippen LogP contribution in [0, 0.1) is 0 Å². The number of H-pyrrole nitrogens is 1. The number of fused-ring (bicyclic) bond motifs is 1. The summed E-state index contributed by atoms with van der Waals surface area (Å²) in [6.07, 6.45) is 5.35. The third kappa shape index (κ3) is 1.72. The molecule has 1 aromatic carbocycles. The van der Waals surface area contributed by atoms with Gasteiger partial charge in [-0.1, -0.05) is 0 Å². The molecule has 0 amide bonds. The second kappa shape index (κ2) is 4.38. The Hall–Kier alpha value is -2.82. The van der Waals surface area contributed by atoms with Crippen molar-refractivity contribution >= 4 is 0 Å². The highest BCUT2D eigenvalue weighted by molar-refractivity contribution is 5.81. The van der Waals surface area contributed by atoms with Crippen LogP contribution < -0.4 is 9.47 Å². The molecule has 3 aromatic rings. The molecule has 0 fully saturated rings. The number of hydrogen-bond donors (Lipinski definition) is 1. The molecule has 0 spiro atoms. The summed E-state index contributed by atoms with van der Waals surface area (Å²) in [6, 6.07) is 9.78. The molecule has 20 heavy (non-hydrogen) atoms. The van der Waals surface area contributed by atoms with Crippen molar-refractivity contribution in [3.8, 4) is 33.9 Å². The van der Waals surface area contributed by atoms with E-state index in [-0.39, 0.29) is 6.79 Å². The van der Waals surface area contributed by atoms with Gasteiger partial charge in [0.15, 0.2) is 11.5 Å². The average Bonchev–Trinajstić information content (AvgIpc) is 3.16. The minimum Gasteiger partial charge on any atom is -0.454 e. The summed E-state index contributed by atoms with van der Waals surface area (Å²) in [5, 5.41) is 7.20. The van der Waals surface area contributed by atoms with Crippen LogP contribution in [0.4, 0.5) is 0 Å². The van der Waals surface area contributed by atoms with Crippen LogP contribution in [0.3, 0.4) is 0 Å². The van der Waals surface area contributed by atoms with E-state index in [4.69, 9.17) is 9.47 Å². The van der Waals surface area contributed by atoms with Gasteiger partial charge in [-0.3, -0.25) is 10.1 Å². The first kappa shape index (κ1) is 11.0. The van der Waals surface area contributed by atoms with Gasteiger partial charge in [-0.25, -0.2) is 0 Å². The second-order valence-corrected chi connectivity index (χ2v) is 4.46. The van der Waals surface area contributed by atoms with Gasteiger partial charge in [0.25, 0.3) is 0 Å². The normalized spacial score (nSPS) is 12.6. The monoisotopic (exact) mass is 265 g/mol. The molecule has 0 bridgehead atoms. The van der Waals surface area contributed by atoms with Gasteiger partial charge in [0.1, 0.15) is 0 Å². The maximum absolute atomic E-state index is 5.42. The van der Waals surface area contributed by atoms with Gasteiger partial charge < -0.3 is 9.47 Å². The topological polar surface area (TPSA) is 60.0 Å². The van der Waals surface area contributed by atoms with Crippen molar-refractivity contribution < 1.29 is 9.47 Å². The van der Waals surface area contributed by atoms with Crippen LogP contribution in [0.25, 0.3) is 22.4 Å². The summed E-state index contributed by atoms with van der Waals surface area (Å²) in [5.74, 6) is 1.54. The molecular weight excluding hydrogens is 254 g/mol. The smallest absolute Gasteiger partial charge is 0.231 e. The van der Waals surface area contributed by atoms with Crippen molar-refractivity contribution in [1.29, 1.82) is 0 Å². The molecule has 0 radical (unpaired) electrons. The molecule has 1 aliphatic rings. The van der Waals surface area contributed by atoms with E-state index in [0.29, 0.717) is 0 Å². The molecule has 1 aliphatic heterocycles. The fraction of sp³-hybridized carbons (Fsp3) is 0.0667. The first-order valence-electron chi connectivity index (χ1n) is 6.25. The number of aromatic amines is 1. The Kier molecular flexibility index (Phi) is 2.42. The first-order valence-corrected chi connectivity index (χ1v) is 6.25. The van der Waals surface area contributed by atoms with Crippen molar-refractivity contribution in [2.45, 2.75) is 0 Å². The quantitative estimate of drug-likeness (QED) is 0.774. The molecule has 98 valence electrons. The fourth-order valence-corrected chi connectivity index (χ4v) is 2.31. The van der Waals surface area contributed by atoms with Gasteiger partial charge in [-0.05, 0) is 35.9 Å². The zero-order valence-corrected chi connectivity index (χ0v) is 10.5. The number of pyridine rings is 1. The highest BCUT2D eigenvalue weighted by atomic mass is 16.7. The van der Waals surface area contributed by atoms with Crippen molar-refractivity contribution in [2.24, 2.45) is 0 Å². The van der Waals surface area contributed by atoms with Crippen molar-refractivity contribution in [1.82, 2.24) is 15.2 Å². The predicted octanol–water partition coefficient (Wildman–Crippen LogP) is 2.87. The third-order valence-electron chi connectivity index (χ3n) is 3.29. The average molecular weight is 265 g/mol. The number of nitrogens with one attached hydrogen (secondary N) is 1. The van der Waals surface area contributed by atoms with E-state index in [0.717, 1.165) is 33.9 Å². The summed E-state index contributed by atoms with van der Waals surface area (Å²) in [4.78, 5) is 4.04. The molecule has 5 heteroatoms. The Morgan fingerprint density at radius 2 is 1.80 bits per heavy atom. The standard InChI is InChI=1S/C15H11N3O2/c1-2-13-14(20-9-19-13)7-11(1)15-12(8-17-18-15)10-3-5-16-6-4-10/h1-8H,9H2,(H,17,18). The van der Waals surface area contributed by atoms with E-state index >= 15 is 0 Å². The SMILES string of the molecule is c1cc(-c2cn[nH]c2-c2ccc3c(c2)OCO3)ccn1. The second-order valence-electron chi connectivity index (χ2n) is 4.46. The largest absolute Gasteiger partial charge is 0.454 e. The zero-order chi connectivity index (χ0) is 13.4. The summed E-state index contributed by atoms with van der Waals surface area (Å²) < 4.78 is 10.7. The van der Waals surface area contributed by atoms with E-state index in [2.05, 4.69) is 15.2 Å². The number of hydrogen-bond acceptors (Lipinski definition) is 4. The Bertz CT molecular complexity index is 753. The summed E-state index contributed by atoms with van der Waals surface area (Å²) in [7, 11) is 0. The van der Waals surface area contributed by atoms with Crippen molar-refractivity contribution in [3.05, 3.63) is 48.9 Å². The van der Waals surface area contributed by atoms with Gasteiger partial charge in [0.05, 0.1) is 11.9 Å². The van der Waals surface area contributed by atoms with Gasteiger partial charge >= 0.3 is 0 Å². The van der Waals surface area contributed by atoms with Crippen molar-refractivity contribution in [2.75, 3.05) is 6.79 Å². The van der Waals surface area contributed by atoms with E-state index in [1.54, 1.807) is 12.4 Å². The lowest BCUT2D eigenvalue weighted by atomic mass is 10.0. The fourth-order valence-electron chi connectivity index (χ4n) is 2.31. The van der Waals surface area contributed by atoms with Crippen LogP contribution in [0.2, 0.25) is 0 Å². The minimum atomic E-state index is 0.277. The van der Waals surface area contributed by atoms with Crippen LogP contribution in [0.5, 0.6) is 11.5 Å². The molecule has 2 aromatic heterocycles. The number of aromatic nitrogens is 3.